The van der Waals surface area contributed by atoms with Gasteiger partial charge in [0.15, 0.2) is 5.79 Å². The van der Waals surface area contributed by atoms with Gasteiger partial charge in [0.2, 0.25) is 0 Å². The first-order valence-corrected chi connectivity index (χ1v) is 20.5. The maximum atomic E-state index is 6.70. The van der Waals surface area contributed by atoms with E-state index in [0.717, 1.165) is 44.6 Å². The van der Waals surface area contributed by atoms with Crippen LogP contribution in [0, 0.1) is 5.92 Å². The first-order chi connectivity index (χ1) is 22.6. The average molecular weight is 641 g/mol. The molecule has 0 saturated carbocycles. The van der Waals surface area contributed by atoms with E-state index in [1.54, 1.807) is 0 Å². The topological polar surface area (TPSA) is 18.5 Å². The van der Waals surface area contributed by atoms with E-state index in [0.29, 0.717) is 6.10 Å². The van der Waals surface area contributed by atoms with Gasteiger partial charge in [0.25, 0.3) is 0 Å². The van der Waals surface area contributed by atoms with Crippen LogP contribution in [0.5, 0.6) is 0 Å². The van der Waals surface area contributed by atoms with Gasteiger partial charge in [-0.3, -0.25) is 0 Å². The monoisotopic (exact) mass is 641 g/mol. The second kappa shape index (κ2) is 32.4. The van der Waals surface area contributed by atoms with E-state index >= 15 is 0 Å². The summed E-state index contributed by atoms with van der Waals surface area (Å²) in [5.74, 6) is 0.436. The van der Waals surface area contributed by atoms with Crippen molar-refractivity contribution in [2.45, 2.75) is 219 Å². The highest BCUT2D eigenvalue weighted by Crippen LogP contribution is 2.36. The summed E-state index contributed by atoms with van der Waals surface area (Å²) in [5.41, 5.74) is 0. The molecule has 1 saturated heterocycles. The van der Waals surface area contributed by atoms with E-state index in [2.05, 4.69) is 76.3 Å². The third-order valence-corrected chi connectivity index (χ3v) is 9.50. The van der Waals surface area contributed by atoms with Gasteiger partial charge in [0.1, 0.15) is 0 Å². The second-order valence-corrected chi connectivity index (χ2v) is 14.6. The zero-order valence-corrected chi connectivity index (χ0v) is 31.6. The van der Waals surface area contributed by atoms with Crippen LogP contribution in [-0.4, -0.2) is 18.5 Å². The molecule has 46 heavy (non-hydrogen) atoms. The minimum Gasteiger partial charge on any atom is -0.347 e. The lowest BCUT2D eigenvalue weighted by Gasteiger charge is -2.28. The Morgan fingerprint density at radius 2 is 0.913 bits per heavy atom. The van der Waals surface area contributed by atoms with E-state index in [4.69, 9.17) is 9.47 Å². The number of allylic oxidation sites excluding steroid dienone is 8. The van der Waals surface area contributed by atoms with Crippen LogP contribution >= 0.6 is 0 Å². The molecule has 0 bridgehead atoms. The fraction of sp³-hybridized carbons (Fsp3) is 0.818. The molecule has 0 aliphatic carbocycles. The Labute approximate surface area is 289 Å². The Kier molecular flexibility index (Phi) is 30.2. The fourth-order valence-corrected chi connectivity index (χ4v) is 6.43. The lowest BCUT2D eigenvalue weighted by atomic mass is 9.98. The molecule has 2 heteroatoms. The fourth-order valence-electron chi connectivity index (χ4n) is 6.43. The van der Waals surface area contributed by atoms with Crippen LogP contribution < -0.4 is 0 Å². The Morgan fingerprint density at radius 1 is 0.522 bits per heavy atom. The summed E-state index contributed by atoms with van der Waals surface area (Å²) in [6, 6.07) is 0. The normalized spacial score (nSPS) is 19.0. The first-order valence-electron chi connectivity index (χ1n) is 20.5. The summed E-state index contributed by atoms with van der Waals surface area (Å²) >= 11 is 0. The zero-order chi connectivity index (χ0) is 33.2. The summed E-state index contributed by atoms with van der Waals surface area (Å²) < 4.78 is 13.2. The van der Waals surface area contributed by atoms with Crippen molar-refractivity contribution in [1.82, 2.24) is 0 Å². The zero-order valence-electron chi connectivity index (χ0n) is 31.6. The van der Waals surface area contributed by atoms with Gasteiger partial charge in [-0.1, -0.05) is 153 Å². The summed E-state index contributed by atoms with van der Waals surface area (Å²) in [6.45, 7) is 9.98. The first kappa shape index (κ1) is 42.9. The number of rotatable bonds is 33. The van der Waals surface area contributed by atoms with Crippen molar-refractivity contribution in [3.63, 3.8) is 0 Å². The van der Waals surface area contributed by atoms with Crippen molar-refractivity contribution in [3.8, 4) is 0 Å². The average Bonchev–Trinajstić information content (AvgIpc) is 3.46. The number of hydrogen-bond acceptors (Lipinski definition) is 2. The SMILES string of the molecule is CCCCCC=CCC=CCCCCCCCCC1(CCCCCCCCC=CCC=CCCCCC)OCC(CCC(C)C)O1. The summed E-state index contributed by atoms with van der Waals surface area (Å²) in [4.78, 5) is 0. The molecule has 2 nitrogen and oxygen atoms in total. The van der Waals surface area contributed by atoms with Crippen molar-refractivity contribution < 1.29 is 9.47 Å². The van der Waals surface area contributed by atoms with Gasteiger partial charge >= 0.3 is 0 Å². The molecule has 0 aromatic rings. The molecular weight excluding hydrogens is 560 g/mol. The molecule has 0 aromatic heterocycles. The van der Waals surface area contributed by atoms with E-state index in [9.17, 15) is 0 Å². The third kappa shape index (κ3) is 26.9. The largest absolute Gasteiger partial charge is 0.347 e. The van der Waals surface area contributed by atoms with Crippen LogP contribution in [0.15, 0.2) is 48.6 Å². The molecule has 1 atom stereocenters. The van der Waals surface area contributed by atoms with Crippen molar-refractivity contribution >= 4 is 0 Å². The number of unbranched alkanes of at least 4 members (excludes halogenated alkanes) is 18. The van der Waals surface area contributed by atoms with Crippen molar-refractivity contribution in [2.24, 2.45) is 5.92 Å². The summed E-state index contributed by atoms with van der Waals surface area (Å²) in [7, 11) is 0. The van der Waals surface area contributed by atoms with Crippen LogP contribution in [0.4, 0.5) is 0 Å². The predicted octanol–water partition coefficient (Wildman–Crippen LogP) is 14.9. The van der Waals surface area contributed by atoms with Crippen LogP contribution in [0.25, 0.3) is 0 Å². The Morgan fingerprint density at radius 3 is 1.33 bits per heavy atom. The number of ether oxygens (including phenoxy) is 2. The van der Waals surface area contributed by atoms with E-state index in [1.165, 1.54) is 148 Å². The van der Waals surface area contributed by atoms with E-state index in [-0.39, 0.29) is 5.79 Å². The van der Waals surface area contributed by atoms with E-state index < -0.39 is 0 Å². The molecular formula is C44H80O2. The standard InChI is InChI=1S/C44H80O2/c1-5-7-9-11-13-15-17-19-21-23-25-27-29-31-33-35-39-44(45-41-43(46-44)38-37-42(3)4)40-36-34-32-30-28-26-24-22-20-18-16-14-12-10-8-6-2/h13-16,19-22,42-43H,5-12,17-18,23-41H2,1-4H3. The smallest absolute Gasteiger partial charge is 0.168 e. The van der Waals surface area contributed by atoms with Gasteiger partial charge in [-0.25, -0.2) is 0 Å². The second-order valence-electron chi connectivity index (χ2n) is 14.6. The Bertz CT molecular complexity index is 697. The van der Waals surface area contributed by atoms with Gasteiger partial charge in [-0.2, -0.15) is 0 Å². The van der Waals surface area contributed by atoms with Gasteiger partial charge < -0.3 is 9.47 Å². The molecule has 0 amide bonds. The third-order valence-electron chi connectivity index (χ3n) is 9.50. The molecule has 0 N–H and O–H groups in total. The minimum absolute atomic E-state index is 0.299. The predicted molar refractivity (Wildman–Crippen MR) is 206 cm³/mol. The molecule has 1 aliphatic rings. The lowest BCUT2D eigenvalue weighted by Crippen LogP contribution is -2.31. The van der Waals surface area contributed by atoms with Crippen molar-refractivity contribution in [1.29, 1.82) is 0 Å². The van der Waals surface area contributed by atoms with Crippen LogP contribution in [0.2, 0.25) is 0 Å². The van der Waals surface area contributed by atoms with E-state index in [1.807, 2.05) is 0 Å². The summed E-state index contributed by atoms with van der Waals surface area (Å²) in [6.07, 6.45) is 54.8. The van der Waals surface area contributed by atoms with Crippen molar-refractivity contribution in [3.05, 3.63) is 48.6 Å². The van der Waals surface area contributed by atoms with Gasteiger partial charge in [0, 0.05) is 12.8 Å². The maximum Gasteiger partial charge on any atom is 0.168 e. The quantitative estimate of drug-likeness (QED) is 0.0525. The molecule has 0 spiro atoms. The Hall–Kier alpha value is -1.12. The molecule has 1 rings (SSSR count). The van der Waals surface area contributed by atoms with Gasteiger partial charge in [-0.15, -0.1) is 0 Å². The molecule has 1 unspecified atom stereocenters. The molecule has 1 heterocycles. The summed E-state index contributed by atoms with van der Waals surface area (Å²) in [5, 5.41) is 0. The highest BCUT2D eigenvalue weighted by molar-refractivity contribution is 4.93. The molecule has 0 radical (unpaired) electrons. The van der Waals surface area contributed by atoms with Gasteiger partial charge in [0.05, 0.1) is 12.7 Å². The molecule has 1 aliphatic heterocycles. The van der Waals surface area contributed by atoms with Crippen LogP contribution in [-0.2, 0) is 9.47 Å². The van der Waals surface area contributed by atoms with Crippen LogP contribution in [0.1, 0.15) is 207 Å². The molecule has 1 fully saturated rings. The minimum atomic E-state index is -0.299. The molecule has 268 valence electrons. The number of hydrogen-bond donors (Lipinski definition) is 0. The lowest BCUT2D eigenvalue weighted by molar-refractivity contribution is -0.180. The van der Waals surface area contributed by atoms with Crippen molar-refractivity contribution in [2.75, 3.05) is 6.61 Å². The van der Waals surface area contributed by atoms with Gasteiger partial charge in [-0.05, 0) is 95.8 Å². The highest BCUT2D eigenvalue weighted by Gasteiger charge is 2.40. The molecule has 0 aromatic carbocycles. The highest BCUT2D eigenvalue weighted by atomic mass is 16.7. The van der Waals surface area contributed by atoms with Crippen LogP contribution in [0.3, 0.4) is 0 Å². The maximum absolute atomic E-state index is 6.70. The Balaban J connectivity index is 2.16.